The first-order valence-corrected chi connectivity index (χ1v) is 0. The number of hydrogen-bond donors (Lipinski definition) is 0. The van der Waals surface area contributed by atoms with Gasteiger partial charge in [-0.05, 0) is 0 Å². The first kappa shape index (κ1) is 468. The normalized spacial score (nSPS) is 0. The standard InChI is InChI=1S/2Mo.6O/q;;6*-2. The Balaban J connectivity index is 0. The summed E-state index contributed by atoms with van der Waals surface area (Å²) in [7, 11) is 0. The zero-order valence-corrected chi connectivity index (χ0v) is 7.28. The summed E-state index contributed by atoms with van der Waals surface area (Å²) in [6.45, 7) is 0. The molecule has 0 aliphatic carbocycles. The molecule has 0 unspecified atom stereocenters. The first-order chi connectivity index (χ1) is 0. The van der Waals surface area contributed by atoms with Crippen LogP contribution in [0.1, 0.15) is 0 Å². The van der Waals surface area contributed by atoms with E-state index in [-0.39, 0.29) is 75.0 Å². The van der Waals surface area contributed by atoms with E-state index >= 15 is 0 Å². The maximum atomic E-state index is 0. The molecule has 0 rings (SSSR count). The van der Waals surface area contributed by atoms with Gasteiger partial charge in [0.15, 0.2) is 0 Å². The van der Waals surface area contributed by atoms with Crippen molar-refractivity contribution >= 4 is 0 Å². The molecule has 0 aromatic heterocycles. The fourth-order valence-electron chi connectivity index (χ4n) is 0. The molecule has 0 radical (unpaired) electrons. The van der Waals surface area contributed by atoms with Gasteiger partial charge in [-0.1, -0.05) is 0 Å². The van der Waals surface area contributed by atoms with Gasteiger partial charge in [0.1, 0.15) is 0 Å². The van der Waals surface area contributed by atoms with Crippen LogP contribution in [0.4, 0.5) is 0 Å². The first-order valence-electron chi connectivity index (χ1n) is 0. The van der Waals surface area contributed by atoms with E-state index in [1.165, 1.54) is 0 Å². The SMILES string of the molecule is [Mo].[Mo].[O-2].[O-2].[O-2].[O-2].[O-2].[O-2]. The van der Waals surface area contributed by atoms with Crippen LogP contribution in [0.5, 0.6) is 0 Å². The molecule has 0 atom stereocenters. The second-order valence-corrected chi connectivity index (χ2v) is 0. The van der Waals surface area contributed by atoms with E-state index < -0.39 is 0 Å². The van der Waals surface area contributed by atoms with Gasteiger partial charge in [0.2, 0.25) is 0 Å². The molecule has 0 aliphatic heterocycles. The van der Waals surface area contributed by atoms with Gasteiger partial charge in [-0.15, -0.1) is 0 Å². The predicted octanol–water partition coefficient (Wildman–Crippen LogP) is -0.718. The zero-order valence-electron chi connectivity index (χ0n) is 3.27. The largest absolute Gasteiger partial charge is 2.00 e. The molecule has 0 aliphatic rings. The molecule has 0 aromatic rings. The third-order valence-electron chi connectivity index (χ3n) is 0. The van der Waals surface area contributed by atoms with E-state index in [1.54, 1.807) is 0 Å². The molecule has 0 saturated heterocycles. The van der Waals surface area contributed by atoms with Crippen LogP contribution in [0.3, 0.4) is 0 Å². The van der Waals surface area contributed by atoms with Crippen LogP contribution in [-0.2, 0) is 75.0 Å². The quantitative estimate of drug-likeness (QED) is 0.512. The molecule has 8 heteroatoms. The average Bonchev–Trinajstić information content (AvgIpc) is 0. The van der Waals surface area contributed by atoms with Crippen LogP contribution < -0.4 is 0 Å². The van der Waals surface area contributed by atoms with Crippen LogP contribution in [0.25, 0.3) is 0 Å². The van der Waals surface area contributed by atoms with Gasteiger partial charge in [-0.3, -0.25) is 0 Å². The van der Waals surface area contributed by atoms with Crippen LogP contribution in [0.2, 0.25) is 0 Å². The molecule has 0 spiro atoms. The van der Waals surface area contributed by atoms with Gasteiger partial charge in [-0.25, -0.2) is 0 Å². The fourth-order valence-corrected chi connectivity index (χ4v) is 0. The molecule has 0 saturated carbocycles. The molecule has 60 valence electrons. The predicted molar refractivity (Wildman–Crippen MR) is 4.12 cm³/mol. The Hall–Kier alpha value is 1.14. The van der Waals surface area contributed by atoms with E-state index in [4.69, 9.17) is 0 Å². The fraction of sp³-hybridized carbons (Fsp3) is 0. The smallest absolute Gasteiger partial charge is 0 e. The Morgan fingerprint density at radius 1 is 0.250 bits per heavy atom. The summed E-state index contributed by atoms with van der Waals surface area (Å²) in [6, 6.07) is 0. The number of rotatable bonds is 0. The third-order valence-corrected chi connectivity index (χ3v) is 0. The Morgan fingerprint density at radius 3 is 0.250 bits per heavy atom. The topological polar surface area (TPSA) is 171 Å². The molecule has 0 fully saturated rings. The van der Waals surface area contributed by atoms with Crippen LogP contribution >= 0.6 is 0 Å². The van der Waals surface area contributed by atoms with E-state index in [1.807, 2.05) is 0 Å². The van der Waals surface area contributed by atoms with E-state index in [0.29, 0.717) is 0 Å². The van der Waals surface area contributed by atoms with E-state index in [0.717, 1.165) is 0 Å². The molecule has 0 amide bonds. The van der Waals surface area contributed by atoms with Crippen molar-refractivity contribution < 1.29 is 75.0 Å². The Bertz CT molecular complexity index is 6.49. The Kier molecular flexibility index (Phi) is 18800. The van der Waals surface area contributed by atoms with Crippen molar-refractivity contribution in [1.29, 1.82) is 0 Å². The van der Waals surface area contributed by atoms with Gasteiger partial charge >= 0.3 is 0 Å². The van der Waals surface area contributed by atoms with Gasteiger partial charge in [-0.2, -0.15) is 0 Å². The summed E-state index contributed by atoms with van der Waals surface area (Å²) in [5.74, 6) is 0. The monoisotopic (exact) mass is 292 g/mol. The molecule has 0 aromatic carbocycles. The maximum absolute atomic E-state index is 0. The molecule has 8 heavy (non-hydrogen) atoms. The summed E-state index contributed by atoms with van der Waals surface area (Å²) in [5.41, 5.74) is 0. The Morgan fingerprint density at radius 2 is 0.250 bits per heavy atom. The Labute approximate surface area is 75.0 Å². The second kappa shape index (κ2) is 321. The minimum atomic E-state index is 0. The summed E-state index contributed by atoms with van der Waals surface area (Å²) in [5, 5.41) is 0. The summed E-state index contributed by atoms with van der Waals surface area (Å²) in [6.07, 6.45) is 0. The average molecular weight is 288 g/mol. The third kappa shape index (κ3) is 208. The van der Waals surface area contributed by atoms with Crippen LogP contribution in [0.15, 0.2) is 0 Å². The molecule has 0 N–H and O–H groups in total. The van der Waals surface area contributed by atoms with Crippen LogP contribution in [0, 0.1) is 0 Å². The second-order valence-electron chi connectivity index (χ2n) is 0. The molecule has 0 heterocycles. The minimum absolute atomic E-state index is 0. The zero-order chi connectivity index (χ0) is 0. The van der Waals surface area contributed by atoms with Gasteiger partial charge < -0.3 is 32.9 Å². The van der Waals surface area contributed by atoms with Crippen molar-refractivity contribution in [2.45, 2.75) is 0 Å². The molecule has 6 nitrogen and oxygen atoms in total. The molecular weight excluding hydrogens is 288 g/mol. The van der Waals surface area contributed by atoms with Crippen molar-refractivity contribution in [3.05, 3.63) is 0 Å². The summed E-state index contributed by atoms with van der Waals surface area (Å²) < 4.78 is 0. The van der Waals surface area contributed by atoms with Crippen molar-refractivity contribution in [1.82, 2.24) is 0 Å². The minimum Gasteiger partial charge on any atom is -2.00 e. The summed E-state index contributed by atoms with van der Waals surface area (Å²) >= 11 is 0. The molecule has 0 bridgehead atoms. The molecular formula is Mo2O6-12. The summed E-state index contributed by atoms with van der Waals surface area (Å²) in [4.78, 5) is 0. The van der Waals surface area contributed by atoms with E-state index in [9.17, 15) is 0 Å². The maximum Gasteiger partial charge on any atom is 0 e. The van der Waals surface area contributed by atoms with Gasteiger partial charge in [0, 0.05) is 42.1 Å². The van der Waals surface area contributed by atoms with E-state index in [2.05, 4.69) is 0 Å². The van der Waals surface area contributed by atoms with Gasteiger partial charge in [0.25, 0.3) is 0 Å². The van der Waals surface area contributed by atoms with Crippen molar-refractivity contribution in [3.63, 3.8) is 0 Å². The van der Waals surface area contributed by atoms with Gasteiger partial charge in [0.05, 0.1) is 0 Å². The van der Waals surface area contributed by atoms with Crippen LogP contribution in [-0.4, -0.2) is 0 Å². The van der Waals surface area contributed by atoms with Crippen molar-refractivity contribution in [3.8, 4) is 0 Å². The number of hydrogen-bond acceptors (Lipinski definition) is 0. The van der Waals surface area contributed by atoms with Crippen molar-refractivity contribution in [2.75, 3.05) is 0 Å². The van der Waals surface area contributed by atoms with Crippen molar-refractivity contribution in [2.24, 2.45) is 0 Å².